The molecule has 1 aliphatic rings. The van der Waals surface area contributed by atoms with E-state index in [2.05, 4.69) is 0 Å². The Balaban J connectivity index is 1.95. The summed E-state index contributed by atoms with van der Waals surface area (Å²) in [6.07, 6.45) is 2.45. The number of methoxy groups -OCH3 is 2. The maximum atomic E-state index is 12.2. The normalized spacial score (nSPS) is 16.5. The van der Waals surface area contributed by atoms with E-state index >= 15 is 0 Å². The van der Waals surface area contributed by atoms with Crippen molar-refractivity contribution in [1.82, 2.24) is 0 Å². The van der Waals surface area contributed by atoms with Gasteiger partial charge in [0.2, 0.25) is 0 Å². The van der Waals surface area contributed by atoms with Gasteiger partial charge in [-0.2, -0.15) is 0 Å². The van der Waals surface area contributed by atoms with Crippen LogP contribution >= 0.6 is 0 Å². The van der Waals surface area contributed by atoms with Crippen LogP contribution in [0.4, 0.5) is 0 Å². The zero-order valence-corrected chi connectivity index (χ0v) is 13.0. The molecule has 116 valence electrons. The van der Waals surface area contributed by atoms with Gasteiger partial charge in [0.15, 0.2) is 11.5 Å². The standard InChI is InChI=1S/C16H23NO4/c1-12(11-17-8-4-5-9-17)21-16(18)13-6-7-14(19-2)15(10-13)20-3/h6-7,10,12H,4-5,8-9,11H2,1-3H3/p+1/t12-/m1/s1. The molecule has 5 nitrogen and oxygen atoms in total. The SMILES string of the molecule is COc1ccc(C(=O)O[C@H](C)C[NH+]2CCCC2)cc1OC. The zero-order chi connectivity index (χ0) is 15.2. The number of hydrogen-bond donors (Lipinski definition) is 1. The molecule has 1 aliphatic heterocycles. The minimum atomic E-state index is -0.318. The Hall–Kier alpha value is -1.75. The summed E-state index contributed by atoms with van der Waals surface area (Å²) in [5.74, 6) is 0.815. The van der Waals surface area contributed by atoms with Gasteiger partial charge in [0.1, 0.15) is 12.6 Å². The van der Waals surface area contributed by atoms with E-state index in [4.69, 9.17) is 14.2 Å². The van der Waals surface area contributed by atoms with E-state index in [-0.39, 0.29) is 12.1 Å². The van der Waals surface area contributed by atoms with E-state index in [1.807, 2.05) is 6.92 Å². The predicted octanol–water partition coefficient (Wildman–Crippen LogP) is 0.928. The number of ether oxygens (including phenoxy) is 3. The van der Waals surface area contributed by atoms with Gasteiger partial charge in [0, 0.05) is 12.8 Å². The third kappa shape index (κ3) is 4.11. The molecule has 0 radical (unpaired) electrons. The molecular formula is C16H24NO4+. The molecule has 1 heterocycles. The Morgan fingerprint density at radius 3 is 2.48 bits per heavy atom. The van der Waals surface area contributed by atoms with Gasteiger partial charge < -0.3 is 19.1 Å². The number of hydrogen-bond acceptors (Lipinski definition) is 4. The van der Waals surface area contributed by atoms with Gasteiger partial charge in [-0.1, -0.05) is 0 Å². The second kappa shape index (κ2) is 7.31. The first-order chi connectivity index (χ1) is 10.1. The predicted molar refractivity (Wildman–Crippen MR) is 79.2 cm³/mol. The first-order valence-corrected chi connectivity index (χ1v) is 7.40. The van der Waals surface area contributed by atoms with Crippen LogP contribution in [-0.4, -0.2) is 45.9 Å². The van der Waals surface area contributed by atoms with Gasteiger partial charge in [-0.15, -0.1) is 0 Å². The fourth-order valence-electron chi connectivity index (χ4n) is 2.74. The molecule has 0 amide bonds. The van der Waals surface area contributed by atoms with E-state index < -0.39 is 0 Å². The van der Waals surface area contributed by atoms with Crippen LogP contribution in [0.15, 0.2) is 18.2 Å². The molecule has 5 heteroatoms. The highest BCUT2D eigenvalue weighted by Gasteiger charge is 2.21. The summed E-state index contributed by atoms with van der Waals surface area (Å²) in [6.45, 7) is 5.18. The largest absolute Gasteiger partial charge is 0.493 e. The third-order valence-corrected chi connectivity index (χ3v) is 3.81. The van der Waals surface area contributed by atoms with Crippen molar-refractivity contribution in [2.75, 3.05) is 33.9 Å². The molecule has 0 unspecified atom stereocenters. The number of carbonyl (C=O) groups excluding carboxylic acids is 1. The summed E-state index contributed by atoms with van der Waals surface area (Å²) in [5.41, 5.74) is 0.482. The fourth-order valence-corrected chi connectivity index (χ4v) is 2.74. The summed E-state index contributed by atoms with van der Waals surface area (Å²) in [4.78, 5) is 13.7. The van der Waals surface area contributed by atoms with E-state index in [0.29, 0.717) is 17.1 Å². The molecule has 0 aromatic heterocycles. The Morgan fingerprint density at radius 2 is 1.86 bits per heavy atom. The molecule has 0 saturated carbocycles. The minimum Gasteiger partial charge on any atom is -0.493 e. The van der Waals surface area contributed by atoms with Crippen molar-refractivity contribution in [2.45, 2.75) is 25.9 Å². The Kier molecular flexibility index (Phi) is 5.44. The van der Waals surface area contributed by atoms with Gasteiger partial charge in [-0.3, -0.25) is 0 Å². The highest BCUT2D eigenvalue weighted by Crippen LogP contribution is 2.27. The maximum Gasteiger partial charge on any atom is 0.338 e. The molecule has 0 aliphatic carbocycles. The second-order valence-electron chi connectivity index (χ2n) is 5.45. The van der Waals surface area contributed by atoms with Crippen molar-refractivity contribution in [3.05, 3.63) is 23.8 Å². The smallest absolute Gasteiger partial charge is 0.338 e. The number of rotatable bonds is 6. The first-order valence-electron chi connectivity index (χ1n) is 7.40. The number of esters is 1. The van der Waals surface area contributed by atoms with E-state index in [0.717, 1.165) is 6.54 Å². The van der Waals surface area contributed by atoms with Crippen molar-refractivity contribution in [2.24, 2.45) is 0 Å². The maximum absolute atomic E-state index is 12.2. The summed E-state index contributed by atoms with van der Waals surface area (Å²) in [5, 5.41) is 0. The van der Waals surface area contributed by atoms with E-state index in [1.165, 1.54) is 30.8 Å². The van der Waals surface area contributed by atoms with Gasteiger partial charge in [0.25, 0.3) is 0 Å². The number of carbonyl (C=O) groups is 1. The van der Waals surface area contributed by atoms with Gasteiger partial charge in [-0.05, 0) is 25.1 Å². The van der Waals surface area contributed by atoms with Crippen LogP contribution in [0.25, 0.3) is 0 Å². The molecule has 1 saturated heterocycles. The van der Waals surface area contributed by atoms with Crippen molar-refractivity contribution in [3.63, 3.8) is 0 Å². The van der Waals surface area contributed by atoms with Crippen LogP contribution in [0.5, 0.6) is 11.5 Å². The number of likely N-dealkylation sites (tertiary alicyclic amines) is 1. The van der Waals surface area contributed by atoms with E-state index in [1.54, 1.807) is 32.4 Å². The molecule has 1 aromatic carbocycles. The second-order valence-corrected chi connectivity index (χ2v) is 5.45. The van der Waals surface area contributed by atoms with Crippen molar-refractivity contribution < 1.29 is 23.9 Å². The van der Waals surface area contributed by atoms with Crippen molar-refractivity contribution in [1.29, 1.82) is 0 Å². The molecule has 1 aromatic rings. The van der Waals surface area contributed by atoms with Gasteiger partial charge >= 0.3 is 5.97 Å². The number of benzene rings is 1. The third-order valence-electron chi connectivity index (χ3n) is 3.81. The first kappa shape index (κ1) is 15.6. The monoisotopic (exact) mass is 294 g/mol. The Morgan fingerprint density at radius 1 is 1.19 bits per heavy atom. The van der Waals surface area contributed by atoms with Crippen LogP contribution in [0.1, 0.15) is 30.1 Å². The van der Waals surface area contributed by atoms with Crippen LogP contribution in [0.3, 0.4) is 0 Å². The van der Waals surface area contributed by atoms with Crippen molar-refractivity contribution >= 4 is 5.97 Å². The van der Waals surface area contributed by atoms with E-state index in [9.17, 15) is 4.79 Å². The topological polar surface area (TPSA) is 49.2 Å². The number of nitrogens with one attached hydrogen (secondary N) is 1. The van der Waals surface area contributed by atoms with Crippen LogP contribution in [-0.2, 0) is 4.74 Å². The number of quaternary nitrogens is 1. The molecule has 0 bridgehead atoms. The highest BCUT2D eigenvalue weighted by molar-refractivity contribution is 5.90. The fraction of sp³-hybridized carbons (Fsp3) is 0.562. The molecule has 1 atom stereocenters. The molecule has 1 N–H and O–H groups in total. The average molecular weight is 294 g/mol. The lowest BCUT2D eigenvalue weighted by molar-refractivity contribution is -0.890. The van der Waals surface area contributed by atoms with Gasteiger partial charge in [-0.25, -0.2) is 4.79 Å². The molecule has 21 heavy (non-hydrogen) atoms. The molecule has 1 fully saturated rings. The minimum absolute atomic E-state index is 0.0845. The quantitative estimate of drug-likeness (QED) is 0.793. The summed E-state index contributed by atoms with van der Waals surface area (Å²) >= 11 is 0. The molecule has 0 spiro atoms. The summed E-state index contributed by atoms with van der Waals surface area (Å²) < 4.78 is 15.9. The Labute approximate surface area is 125 Å². The lowest BCUT2D eigenvalue weighted by Gasteiger charge is -2.18. The van der Waals surface area contributed by atoms with Crippen molar-refractivity contribution in [3.8, 4) is 11.5 Å². The Bertz CT molecular complexity index is 483. The lowest BCUT2D eigenvalue weighted by Crippen LogP contribution is -3.11. The highest BCUT2D eigenvalue weighted by atomic mass is 16.5. The van der Waals surface area contributed by atoms with Crippen LogP contribution < -0.4 is 14.4 Å². The van der Waals surface area contributed by atoms with Crippen LogP contribution in [0.2, 0.25) is 0 Å². The summed E-state index contributed by atoms with van der Waals surface area (Å²) in [6, 6.07) is 5.06. The zero-order valence-electron chi connectivity index (χ0n) is 13.0. The average Bonchev–Trinajstić information content (AvgIpc) is 2.99. The summed E-state index contributed by atoms with van der Waals surface area (Å²) in [7, 11) is 3.11. The van der Waals surface area contributed by atoms with Gasteiger partial charge in [0.05, 0.1) is 32.9 Å². The molecular weight excluding hydrogens is 270 g/mol. The molecule has 2 rings (SSSR count). The lowest BCUT2D eigenvalue weighted by atomic mass is 10.2. The van der Waals surface area contributed by atoms with Crippen LogP contribution in [0, 0.1) is 0 Å².